The number of aromatic carboxylic acids is 1. The molecule has 41 heavy (non-hydrogen) atoms. The van der Waals surface area contributed by atoms with Crippen LogP contribution in [0.1, 0.15) is 64.5 Å². The number of carboxylic acids is 1. The molecule has 9 heteroatoms. The maximum atomic E-state index is 12.5. The van der Waals surface area contributed by atoms with Gasteiger partial charge in [0.1, 0.15) is 0 Å². The van der Waals surface area contributed by atoms with Crippen molar-refractivity contribution in [2.75, 3.05) is 18.4 Å². The van der Waals surface area contributed by atoms with Gasteiger partial charge < -0.3 is 10.4 Å². The molecule has 0 spiro atoms. The van der Waals surface area contributed by atoms with Gasteiger partial charge in [-0.15, -0.1) is 11.3 Å². The molecule has 1 saturated carbocycles. The molecule has 1 fully saturated rings. The van der Waals surface area contributed by atoms with Crippen LogP contribution in [-0.4, -0.2) is 37.6 Å². The molecule has 0 amide bonds. The molecule has 7 nitrogen and oxygen atoms in total. The number of sulfonamides is 1. The molecule has 0 radical (unpaired) electrons. The Morgan fingerprint density at radius 3 is 2.27 bits per heavy atom. The van der Waals surface area contributed by atoms with Crippen LogP contribution in [0.15, 0.2) is 83.1 Å². The van der Waals surface area contributed by atoms with Crippen LogP contribution in [0.4, 0.5) is 5.69 Å². The first-order valence-electron chi connectivity index (χ1n) is 14.1. The van der Waals surface area contributed by atoms with E-state index >= 15 is 0 Å². The maximum Gasteiger partial charge on any atom is 0.335 e. The van der Waals surface area contributed by atoms with Crippen LogP contribution < -0.4 is 10.0 Å². The first kappa shape index (κ1) is 29.0. The molecule has 0 atom stereocenters. The highest BCUT2D eigenvalue weighted by Crippen LogP contribution is 2.32. The number of aromatic nitrogens is 1. The number of rotatable bonds is 12. The Kier molecular flexibility index (Phi) is 9.49. The Balaban J connectivity index is 1.07. The van der Waals surface area contributed by atoms with E-state index in [2.05, 4.69) is 51.4 Å². The van der Waals surface area contributed by atoms with Crippen molar-refractivity contribution in [2.45, 2.75) is 55.8 Å². The Labute approximate surface area is 245 Å². The van der Waals surface area contributed by atoms with Crippen molar-refractivity contribution in [1.82, 2.24) is 9.71 Å². The lowest BCUT2D eigenvalue weighted by atomic mass is 9.84. The molecular formula is C32H35N3O4S2. The van der Waals surface area contributed by atoms with Crippen molar-refractivity contribution in [3.05, 3.63) is 99.9 Å². The lowest BCUT2D eigenvalue weighted by Gasteiger charge is -2.22. The molecule has 1 heterocycles. The summed E-state index contributed by atoms with van der Waals surface area (Å²) in [5, 5.41) is 15.3. The predicted molar refractivity (Wildman–Crippen MR) is 164 cm³/mol. The van der Waals surface area contributed by atoms with Crippen molar-refractivity contribution in [2.24, 2.45) is 0 Å². The fourth-order valence-electron chi connectivity index (χ4n) is 5.21. The largest absolute Gasteiger partial charge is 0.478 e. The number of carbonyl (C=O) groups is 1. The fraction of sp³-hybridized carbons (Fsp3) is 0.312. The highest BCUT2D eigenvalue weighted by atomic mass is 32.2. The second-order valence-corrected chi connectivity index (χ2v) is 13.1. The number of benzene rings is 3. The lowest BCUT2D eigenvalue weighted by Crippen LogP contribution is -2.26. The summed E-state index contributed by atoms with van der Waals surface area (Å²) in [6.07, 6.45) is 8.19. The molecule has 4 aromatic rings. The Bertz CT molecular complexity index is 1540. The van der Waals surface area contributed by atoms with Gasteiger partial charge in [-0.25, -0.2) is 22.9 Å². The highest BCUT2D eigenvalue weighted by Gasteiger charge is 2.16. The molecule has 0 unspecified atom stereocenters. The van der Waals surface area contributed by atoms with E-state index in [-0.39, 0.29) is 17.0 Å². The zero-order valence-corrected chi connectivity index (χ0v) is 24.5. The van der Waals surface area contributed by atoms with Crippen molar-refractivity contribution in [1.29, 1.82) is 0 Å². The first-order valence-corrected chi connectivity index (χ1v) is 16.4. The normalized spacial score (nSPS) is 14.1. The van der Waals surface area contributed by atoms with Gasteiger partial charge in [-0.1, -0.05) is 55.7 Å². The van der Waals surface area contributed by atoms with E-state index in [1.165, 1.54) is 78.8 Å². The molecule has 0 saturated heterocycles. The van der Waals surface area contributed by atoms with Crippen LogP contribution in [0.3, 0.4) is 0 Å². The van der Waals surface area contributed by atoms with Crippen molar-refractivity contribution >= 4 is 33.0 Å². The SMILES string of the molecule is O=C(O)c1ccc(S(=O)(=O)NCCc2nc(-c3ccc(NCCc4ccc(C5CCCCC5)cc4)cc3)cs2)cc1. The minimum atomic E-state index is -3.73. The molecule has 1 aliphatic rings. The molecule has 5 rings (SSSR count). The van der Waals surface area contributed by atoms with Crippen LogP contribution in [0.2, 0.25) is 0 Å². The molecule has 214 valence electrons. The van der Waals surface area contributed by atoms with E-state index < -0.39 is 16.0 Å². The molecular weight excluding hydrogens is 555 g/mol. The average molecular weight is 590 g/mol. The highest BCUT2D eigenvalue weighted by molar-refractivity contribution is 7.89. The molecule has 1 aliphatic carbocycles. The van der Waals surface area contributed by atoms with E-state index in [4.69, 9.17) is 5.11 Å². The molecule has 0 bridgehead atoms. The van der Waals surface area contributed by atoms with Crippen molar-refractivity contribution in [3.8, 4) is 11.3 Å². The summed E-state index contributed by atoms with van der Waals surface area (Å²) in [7, 11) is -3.73. The smallest absolute Gasteiger partial charge is 0.335 e. The van der Waals surface area contributed by atoms with E-state index in [0.717, 1.165) is 40.8 Å². The molecule has 3 N–H and O–H groups in total. The molecule has 0 aliphatic heterocycles. The zero-order chi connectivity index (χ0) is 28.7. The van der Waals surface area contributed by atoms with Crippen LogP contribution in [-0.2, 0) is 22.9 Å². The number of carboxylic acid groups (broad SMARTS) is 1. The Hall–Kier alpha value is -3.53. The summed E-state index contributed by atoms with van der Waals surface area (Å²) in [6.45, 7) is 1.06. The number of anilines is 1. The van der Waals surface area contributed by atoms with E-state index in [0.29, 0.717) is 6.42 Å². The summed E-state index contributed by atoms with van der Waals surface area (Å²) in [5.41, 5.74) is 5.82. The third kappa shape index (κ3) is 7.81. The molecule has 3 aromatic carbocycles. The van der Waals surface area contributed by atoms with Gasteiger partial charge >= 0.3 is 5.97 Å². The van der Waals surface area contributed by atoms with Gasteiger partial charge in [0.2, 0.25) is 10.0 Å². The second kappa shape index (κ2) is 13.4. The minimum Gasteiger partial charge on any atom is -0.478 e. The van der Waals surface area contributed by atoms with E-state index in [1.807, 2.05) is 17.5 Å². The summed E-state index contributed by atoms with van der Waals surface area (Å²) in [6, 6.07) is 22.5. The van der Waals surface area contributed by atoms with Gasteiger partial charge in [-0.05, 0) is 72.7 Å². The summed E-state index contributed by atoms with van der Waals surface area (Å²) in [5.74, 6) is -0.356. The number of hydrogen-bond donors (Lipinski definition) is 3. The lowest BCUT2D eigenvalue weighted by molar-refractivity contribution is 0.0696. The third-order valence-electron chi connectivity index (χ3n) is 7.57. The fourth-order valence-corrected chi connectivity index (χ4v) is 7.05. The van der Waals surface area contributed by atoms with Crippen molar-refractivity contribution in [3.63, 3.8) is 0 Å². The minimum absolute atomic E-state index is 0.0311. The Morgan fingerprint density at radius 2 is 1.59 bits per heavy atom. The van der Waals surface area contributed by atoms with Gasteiger partial charge in [0.05, 0.1) is 21.2 Å². The van der Waals surface area contributed by atoms with Gasteiger partial charge in [0, 0.05) is 36.1 Å². The summed E-state index contributed by atoms with van der Waals surface area (Å²) in [4.78, 5) is 15.7. The summed E-state index contributed by atoms with van der Waals surface area (Å²) < 4.78 is 27.6. The van der Waals surface area contributed by atoms with Crippen LogP contribution in [0.5, 0.6) is 0 Å². The number of nitrogens with one attached hydrogen (secondary N) is 2. The van der Waals surface area contributed by atoms with E-state index in [1.54, 1.807) is 0 Å². The topological polar surface area (TPSA) is 108 Å². The van der Waals surface area contributed by atoms with Gasteiger partial charge in [0.15, 0.2) is 0 Å². The molecule has 1 aromatic heterocycles. The van der Waals surface area contributed by atoms with E-state index in [9.17, 15) is 13.2 Å². The monoisotopic (exact) mass is 589 g/mol. The Morgan fingerprint density at radius 1 is 0.878 bits per heavy atom. The number of thiazole rings is 1. The zero-order valence-electron chi connectivity index (χ0n) is 22.9. The average Bonchev–Trinajstić information content (AvgIpc) is 3.47. The van der Waals surface area contributed by atoms with Crippen LogP contribution in [0, 0.1) is 0 Å². The standard InChI is InChI=1S/C32H35N3O4S2/c36-32(37)27-12-16-29(17-13-27)41(38,39)34-21-19-31-35-30(22-40-31)26-10-14-28(15-11-26)33-20-18-23-6-8-25(9-7-23)24-4-2-1-3-5-24/h6-17,22,24,33-34H,1-5,18-21H2,(H,36,37). The van der Waals surface area contributed by atoms with Gasteiger partial charge in [-0.3, -0.25) is 0 Å². The maximum absolute atomic E-state index is 12.5. The first-order chi connectivity index (χ1) is 19.9. The van der Waals surface area contributed by atoms with Crippen LogP contribution >= 0.6 is 11.3 Å². The third-order valence-corrected chi connectivity index (χ3v) is 9.96. The summed E-state index contributed by atoms with van der Waals surface area (Å²) >= 11 is 1.49. The van der Waals surface area contributed by atoms with Crippen molar-refractivity contribution < 1.29 is 18.3 Å². The number of nitrogens with zero attached hydrogens (tertiary/aromatic N) is 1. The van der Waals surface area contributed by atoms with Gasteiger partial charge in [0.25, 0.3) is 0 Å². The number of hydrogen-bond acceptors (Lipinski definition) is 6. The second-order valence-electron chi connectivity index (χ2n) is 10.4. The van der Waals surface area contributed by atoms with Crippen LogP contribution in [0.25, 0.3) is 11.3 Å². The predicted octanol–water partition coefficient (Wildman–Crippen LogP) is 6.73. The quantitative estimate of drug-likeness (QED) is 0.169. The van der Waals surface area contributed by atoms with Gasteiger partial charge in [-0.2, -0.15) is 0 Å².